The first-order chi connectivity index (χ1) is 13.1. The molecule has 0 saturated carbocycles. The molecule has 0 bridgehead atoms. The van der Waals surface area contributed by atoms with Crippen LogP contribution in [0.5, 0.6) is 5.75 Å². The van der Waals surface area contributed by atoms with Crippen LogP contribution < -0.4 is 4.74 Å². The summed E-state index contributed by atoms with van der Waals surface area (Å²) in [7, 11) is -3.03. The highest BCUT2D eigenvalue weighted by Gasteiger charge is 2.46. The van der Waals surface area contributed by atoms with Crippen molar-refractivity contribution < 1.29 is 13.2 Å². The van der Waals surface area contributed by atoms with Crippen molar-refractivity contribution in [1.29, 1.82) is 0 Å². The van der Waals surface area contributed by atoms with Crippen LogP contribution in [0, 0.1) is 0 Å². The zero-order chi connectivity index (χ0) is 18.9. The molecule has 0 radical (unpaired) electrons. The minimum absolute atomic E-state index is 0.00751. The third-order valence-electron chi connectivity index (χ3n) is 5.46. The fraction of sp³-hybridized carbons (Fsp3) is 0.526. The molecule has 1 N–H and O–H groups in total. The molecule has 2 atom stereocenters. The summed E-state index contributed by atoms with van der Waals surface area (Å²) in [5.74, 6) is 2.22. The Hall–Kier alpha value is -1.90. The first kappa shape index (κ1) is 18.5. The Kier molecular flexibility index (Phi) is 5.21. The Bertz CT molecular complexity index is 869. The molecule has 1 aromatic carbocycles. The highest BCUT2D eigenvalue weighted by atomic mass is 32.2. The largest absolute Gasteiger partial charge is 0.494 e. The molecule has 8 heteroatoms. The van der Waals surface area contributed by atoms with Gasteiger partial charge in [0.05, 0.1) is 24.7 Å². The lowest BCUT2D eigenvalue weighted by Crippen LogP contribution is -2.58. The summed E-state index contributed by atoms with van der Waals surface area (Å²) < 4.78 is 30.6. The standard InChI is InChI=1S/C19H26N4O3S/c1-2-26-18-6-4-3-5-15(18)11-22-9-10-23(12-19-20-7-8-21-19)17-14-27(24,25)13-16(17)22/h3-8,16-17H,2,9-14H2,1H3,(H,20,21)/t16-,17+/m0/s1. The van der Waals surface area contributed by atoms with E-state index in [2.05, 4.69) is 25.8 Å². The van der Waals surface area contributed by atoms with Crippen molar-refractivity contribution >= 4 is 9.84 Å². The van der Waals surface area contributed by atoms with Gasteiger partial charge in [0, 0.05) is 49.7 Å². The summed E-state index contributed by atoms with van der Waals surface area (Å²) >= 11 is 0. The highest BCUT2D eigenvalue weighted by Crippen LogP contribution is 2.30. The number of rotatable bonds is 6. The van der Waals surface area contributed by atoms with E-state index >= 15 is 0 Å². The molecule has 0 aliphatic carbocycles. The predicted octanol–water partition coefficient (Wildman–Crippen LogP) is 1.29. The van der Waals surface area contributed by atoms with E-state index in [1.165, 1.54) is 0 Å². The fourth-order valence-electron chi connectivity index (χ4n) is 4.22. The molecule has 2 aromatic rings. The van der Waals surface area contributed by atoms with Crippen molar-refractivity contribution in [2.45, 2.75) is 32.1 Å². The first-order valence-corrected chi connectivity index (χ1v) is 11.3. The smallest absolute Gasteiger partial charge is 0.153 e. The average Bonchev–Trinajstić information content (AvgIpc) is 3.25. The van der Waals surface area contributed by atoms with E-state index < -0.39 is 9.84 Å². The second-order valence-corrected chi connectivity index (χ2v) is 9.38. The molecule has 2 aliphatic heterocycles. The number of ether oxygens (including phenoxy) is 1. The summed E-state index contributed by atoms with van der Waals surface area (Å²) in [6.07, 6.45) is 3.54. The molecule has 2 fully saturated rings. The molecule has 4 rings (SSSR count). The lowest BCUT2D eigenvalue weighted by molar-refractivity contribution is 0.0336. The predicted molar refractivity (Wildman–Crippen MR) is 103 cm³/mol. The number of para-hydroxylation sites is 1. The number of H-pyrrole nitrogens is 1. The van der Waals surface area contributed by atoms with Gasteiger partial charge < -0.3 is 9.72 Å². The van der Waals surface area contributed by atoms with Crippen LogP contribution in [0.1, 0.15) is 18.3 Å². The van der Waals surface area contributed by atoms with E-state index in [0.29, 0.717) is 19.7 Å². The van der Waals surface area contributed by atoms with Gasteiger partial charge in [-0.2, -0.15) is 0 Å². The molecule has 2 aliphatic rings. The minimum atomic E-state index is -3.03. The number of benzene rings is 1. The quantitative estimate of drug-likeness (QED) is 0.801. The van der Waals surface area contributed by atoms with Gasteiger partial charge in [0.25, 0.3) is 0 Å². The van der Waals surface area contributed by atoms with Crippen LogP contribution >= 0.6 is 0 Å². The summed E-state index contributed by atoms with van der Waals surface area (Å²) in [6.45, 7) is 5.62. The summed E-state index contributed by atoms with van der Waals surface area (Å²) in [4.78, 5) is 12.0. The van der Waals surface area contributed by atoms with Crippen LogP contribution in [0.2, 0.25) is 0 Å². The van der Waals surface area contributed by atoms with Crippen molar-refractivity contribution in [2.75, 3.05) is 31.2 Å². The van der Waals surface area contributed by atoms with E-state index in [9.17, 15) is 8.42 Å². The SMILES string of the molecule is CCOc1ccccc1CN1CCN(Cc2ncc[nH]2)[C@@H]2CS(=O)(=O)C[C@@H]21. The van der Waals surface area contributed by atoms with E-state index in [1.54, 1.807) is 12.4 Å². The average molecular weight is 391 g/mol. The van der Waals surface area contributed by atoms with Crippen LogP contribution in [0.15, 0.2) is 36.7 Å². The fourth-order valence-corrected chi connectivity index (χ4v) is 6.26. The maximum absolute atomic E-state index is 12.4. The third-order valence-corrected chi connectivity index (χ3v) is 7.16. The van der Waals surface area contributed by atoms with Crippen LogP contribution in [0.4, 0.5) is 0 Å². The van der Waals surface area contributed by atoms with Gasteiger partial charge in [0.2, 0.25) is 0 Å². The number of fused-ring (bicyclic) bond motifs is 1. The van der Waals surface area contributed by atoms with Crippen LogP contribution in [0.3, 0.4) is 0 Å². The second-order valence-electron chi connectivity index (χ2n) is 7.23. The van der Waals surface area contributed by atoms with Crippen LogP contribution in [0.25, 0.3) is 0 Å². The second kappa shape index (κ2) is 7.61. The van der Waals surface area contributed by atoms with Gasteiger partial charge in [-0.3, -0.25) is 9.80 Å². The van der Waals surface area contributed by atoms with Crippen molar-refractivity contribution in [3.05, 3.63) is 48.0 Å². The lowest BCUT2D eigenvalue weighted by atomic mass is 10.0. The van der Waals surface area contributed by atoms with Crippen molar-refractivity contribution in [1.82, 2.24) is 19.8 Å². The minimum Gasteiger partial charge on any atom is -0.494 e. The van der Waals surface area contributed by atoms with Gasteiger partial charge >= 0.3 is 0 Å². The molecule has 27 heavy (non-hydrogen) atoms. The molecule has 2 saturated heterocycles. The van der Waals surface area contributed by atoms with Gasteiger partial charge in [-0.25, -0.2) is 13.4 Å². The summed E-state index contributed by atoms with van der Waals surface area (Å²) in [6, 6.07) is 8.04. The van der Waals surface area contributed by atoms with Gasteiger partial charge in [0.15, 0.2) is 9.84 Å². The van der Waals surface area contributed by atoms with Crippen molar-refractivity contribution in [3.8, 4) is 5.75 Å². The number of piperazine rings is 1. The van der Waals surface area contributed by atoms with Crippen molar-refractivity contribution in [3.63, 3.8) is 0 Å². The maximum Gasteiger partial charge on any atom is 0.153 e. The zero-order valence-electron chi connectivity index (χ0n) is 15.5. The molecule has 146 valence electrons. The number of hydrogen-bond donors (Lipinski definition) is 1. The zero-order valence-corrected chi connectivity index (χ0v) is 16.4. The Balaban J connectivity index is 1.54. The molecule has 0 amide bonds. The number of sulfone groups is 1. The van der Waals surface area contributed by atoms with Crippen molar-refractivity contribution in [2.24, 2.45) is 0 Å². The number of imidazole rings is 1. The first-order valence-electron chi connectivity index (χ1n) is 9.43. The van der Waals surface area contributed by atoms with Crippen LogP contribution in [-0.2, 0) is 22.9 Å². The topological polar surface area (TPSA) is 78.5 Å². The number of hydrogen-bond acceptors (Lipinski definition) is 6. The molecule has 0 unspecified atom stereocenters. The maximum atomic E-state index is 12.4. The summed E-state index contributed by atoms with van der Waals surface area (Å²) in [5, 5.41) is 0. The molecule has 0 spiro atoms. The van der Waals surface area contributed by atoms with E-state index in [1.807, 2.05) is 25.1 Å². The Morgan fingerprint density at radius 3 is 2.52 bits per heavy atom. The molecule has 3 heterocycles. The molecular weight excluding hydrogens is 364 g/mol. The number of aromatic amines is 1. The Labute approximate surface area is 160 Å². The summed E-state index contributed by atoms with van der Waals surface area (Å²) in [5.41, 5.74) is 1.11. The van der Waals surface area contributed by atoms with E-state index in [4.69, 9.17) is 4.74 Å². The molecular formula is C19H26N4O3S. The number of nitrogens with zero attached hydrogens (tertiary/aromatic N) is 3. The molecule has 1 aromatic heterocycles. The Morgan fingerprint density at radius 1 is 1.15 bits per heavy atom. The van der Waals surface area contributed by atoms with E-state index in [-0.39, 0.29) is 23.6 Å². The normalized spacial score (nSPS) is 25.4. The lowest BCUT2D eigenvalue weighted by Gasteiger charge is -2.43. The number of aromatic nitrogens is 2. The van der Waals surface area contributed by atoms with Gasteiger partial charge in [-0.15, -0.1) is 0 Å². The third kappa shape index (κ3) is 4.02. The van der Waals surface area contributed by atoms with Gasteiger partial charge in [-0.05, 0) is 13.0 Å². The highest BCUT2D eigenvalue weighted by molar-refractivity contribution is 7.91. The monoisotopic (exact) mass is 390 g/mol. The number of nitrogens with one attached hydrogen (secondary N) is 1. The Morgan fingerprint density at radius 2 is 1.85 bits per heavy atom. The van der Waals surface area contributed by atoms with Gasteiger partial charge in [0.1, 0.15) is 11.6 Å². The van der Waals surface area contributed by atoms with Gasteiger partial charge in [-0.1, -0.05) is 18.2 Å². The van der Waals surface area contributed by atoms with Crippen LogP contribution in [-0.4, -0.2) is 71.5 Å². The van der Waals surface area contributed by atoms with E-state index in [0.717, 1.165) is 30.2 Å². The molecule has 7 nitrogen and oxygen atoms in total.